The fourth-order valence-corrected chi connectivity index (χ4v) is 12.2. The monoisotopic (exact) mass is 969 g/mol. The molecule has 1 aromatic heterocycles. The first-order chi connectivity index (χ1) is 31.0. The number of sulfonamides is 1. The maximum absolute atomic E-state index is 14.3. The van der Waals surface area contributed by atoms with Crippen molar-refractivity contribution in [3.8, 4) is 16.9 Å². The first-order valence-corrected chi connectivity index (χ1v) is 25.6. The number of thioether (sulfide) groups is 1. The number of benzene rings is 4. The molecule has 5 aromatic rings. The Morgan fingerprint density at radius 2 is 1.68 bits per heavy atom. The third kappa shape index (κ3) is 10.4. The van der Waals surface area contributed by atoms with Crippen LogP contribution in [0.25, 0.3) is 11.1 Å². The predicted molar refractivity (Wildman–Crippen MR) is 249 cm³/mol. The molecular weight excluding hydrogens is 919 g/mol. The van der Waals surface area contributed by atoms with E-state index in [-0.39, 0.29) is 17.5 Å². The molecule has 1 atom stereocenters. The van der Waals surface area contributed by atoms with Crippen LogP contribution < -0.4 is 14.4 Å². The lowest BCUT2D eigenvalue weighted by Crippen LogP contribution is -2.46. The Hall–Kier alpha value is -4.43. The molecule has 0 radical (unpaired) electrons. The third-order valence-electron chi connectivity index (χ3n) is 12.5. The second-order valence-corrected chi connectivity index (χ2v) is 22.1. The summed E-state index contributed by atoms with van der Waals surface area (Å²) in [5.74, 6) is 1.28. The van der Waals surface area contributed by atoms with E-state index in [4.69, 9.17) is 16.3 Å². The summed E-state index contributed by atoms with van der Waals surface area (Å²) in [7, 11) is -5.17. The molecule has 3 aliphatic rings. The largest absolute Gasteiger partial charge is 0.501 e. The van der Waals surface area contributed by atoms with Gasteiger partial charge >= 0.3 is 5.51 Å². The molecule has 3 aliphatic heterocycles. The molecule has 65 heavy (non-hydrogen) atoms. The van der Waals surface area contributed by atoms with Gasteiger partial charge in [-0.1, -0.05) is 48.0 Å². The number of fused-ring (bicyclic) bond motifs is 1. The van der Waals surface area contributed by atoms with Crippen LogP contribution in [0.3, 0.4) is 0 Å². The fraction of sp³-hybridized carbons (Fsp3) is 0.391. The molecule has 12 nitrogen and oxygen atoms in total. The molecule has 0 aliphatic carbocycles. The molecule has 4 aromatic carbocycles. The van der Waals surface area contributed by atoms with Crippen LogP contribution in [0, 0.1) is 0 Å². The normalized spacial score (nSPS) is 18.7. The van der Waals surface area contributed by atoms with Crippen molar-refractivity contribution in [3.05, 3.63) is 119 Å². The summed E-state index contributed by atoms with van der Waals surface area (Å²) >= 11 is 7.70. The lowest BCUT2D eigenvalue weighted by atomic mass is 9.96. The molecule has 2 fully saturated rings. The van der Waals surface area contributed by atoms with Gasteiger partial charge in [-0.2, -0.15) is 13.2 Å². The zero-order valence-corrected chi connectivity index (χ0v) is 39.5. The van der Waals surface area contributed by atoms with Gasteiger partial charge in [-0.15, -0.1) is 11.8 Å². The second-order valence-electron chi connectivity index (χ2n) is 17.1. The van der Waals surface area contributed by atoms with Crippen LogP contribution in [0.5, 0.6) is 5.75 Å². The Morgan fingerprint density at radius 1 is 0.938 bits per heavy atom. The van der Waals surface area contributed by atoms with E-state index in [1.807, 2.05) is 79.7 Å². The van der Waals surface area contributed by atoms with Gasteiger partial charge in [-0.25, -0.2) is 26.8 Å². The molecule has 0 amide bonds. The number of likely N-dealkylation sites (tertiary alicyclic amines) is 1. The number of hydrogen-bond donors (Lipinski definition) is 1. The van der Waals surface area contributed by atoms with E-state index in [9.17, 15) is 30.0 Å². The van der Waals surface area contributed by atoms with Crippen LogP contribution in [0.4, 0.5) is 24.7 Å². The molecule has 8 rings (SSSR count). The highest BCUT2D eigenvalue weighted by Gasteiger charge is 2.55. The average molecular weight is 971 g/mol. The summed E-state index contributed by atoms with van der Waals surface area (Å²) in [6.45, 7) is 4.46. The van der Waals surface area contributed by atoms with Crippen molar-refractivity contribution < 1.29 is 34.7 Å². The first-order valence-electron chi connectivity index (χ1n) is 21.3. The Balaban J connectivity index is 0.967. The van der Waals surface area contributed by atoms with Crippen LogP contribution in [-0.2, 0) is 39.4 Å². The Bertz CT molecular complexity index is 2730. The van der Waals surface area contributed by atoms with Crippen LogP contribution in [0.15, 0.2) is 112 Å². The molecule has 0 spiro atoms. The van der Waals surface area contributed by atoms with Crippen molar-refractivity contribution in [2.24, 2.45) is 0 Å². The molecular formula is C46H51ClF3N7O5S3. The molecule has 1 unspecified atom stereocenters. The molecule has 4 heterocycles. The van der Waals surface area contributed by atoms with Gasteiger partial charge in [-0.05, 0) is 131 Å². The Kier molecular flexibility index (Phi) is 13.8. The number of alkyl halides is 3. The van der Waals surface area contributed by atoms with Crippen molar-refractivity contribution in [1.29, 1.82) is 0 Å². The van der Waals surface area contributed by atoms with Crippen molar-refractivity contribution in [3.63, 3.8) is 0 Å². The summed E-state index contributed by atoms with van der Waals surface area (Å²) in [6, 6.07) is 26.7. The number of sulfone groups is 1. The van der Waals surface area contributed by atoms with Crippen LogP contribution in [0.2, 0.25) is 5.02 Å². The van der Waals surface area contributed by atoms with E-state index in [2.05, 4.69) is 36.6 Å². The Morgan fingerprint density at radius 3 is 2.37 bits per heavy atom. The van der Waals surface area contributed by atoms with Crippen LogP contribution >= 0.6 is 23.4 Å². The molecule has 346 valence electrons. The molecule has 0 bridgehead atoms. The van der Waals surface area contributed by atoms with E-state index >= 15 is 0 Å². The summed E-state index contributed by atoms with van der Waals surface area (Å²) in [5.41, 5.74) is -1.94. The minimum absolute atomic E-state index is 0.00939. The van der Waals surface area contributed by atoms with Crippen molar-refractivity contribution >= 4 is 54.7 Å². The number of methoxy groups -OCH3 is 1. The van der Waals surface area contributed by atoms with Gasteiger partial charge in [0.05, 0.1) is 28.9 Å². The zero-order chi connectivity index (χ0) is 46.1. The van der Waals surface area contributed by atoms with Crippen LogP contribution in [0.1, 0.15) is 36.1 Å². The molecule has 19 heteroatoms. The van der Waals surface area contributed by atoms with E-state index in [0.717, 1.165) is 65.9 Å². The van der Waals surface area contributed by atoms with E-state index in [1.165, 1.54) is 24.2 Å². The quantitative estimate of drug-likeness (QED) is 0.0756. The maximum atomic E-state index is 14.3. The topological polar surface area (TPSA) is 128 Å². The predicted octanol–water partition coefficient (Wildman–Crippen LogP) is 8.23. The van der Waals surface area contributed by atoms with Crippen LogP contribution in [-0.4, -0.2) is 118 Å². The zero-order valence-electron chi connectivity index (χ0n) is 36.3. The van der Waals surface area contributed by atoms with Gasteiger partial charge < -0.3 is 14.5 Å². The lowest BCUT2D eigenvalue weighted by Gasteiger charge is -2.40. The maximum Gasteiger partial charge on any atom is 0.501 e. The highest BCUT2D eigenvalue weighted by molar-refractivity contribution is 7.99. The highest BCUT2D eigenvalue weighted by atomic mass is 35.5. The molecule has 1 N–H and O–H groups in total. The number of halogens is 4. The van der Waals surface area contributed by atoms with Gasteiger partial charge in [0, 0.05) is 53.5 Å². The number of piperidine rings is 1. The second kappa shape index (κ2) is 19.1. The minimum Gasteiger partial charge on any atom is -0.497 e. The van der Waals surface area contributed by atoms with E-state index in [0.29, 0.717) is 67.1 Å². The van der Waals surface area contributed by atoms with Gasteiger partial charge in [0.2, 0.25) is 0 Å². The third-order valence-corrected chi connectivity index (χ3v) is 16.9. The van der Waals surface area contributed by atoms with Gasteiger partial charge in [0.15, 0.2) is 0 Å². The van der Waals surface area contributed by atoms with Gasteiger partial charge in [0.25, 0.3) is 19.9 Å². The lowest BCUT2D eigenvalue weighted by molar-refractivity contribution is -0.0435. The summed E-state index contributed by atoms with van der Waals surface area (Å²) in [4.78, 5) is 16.4. The fourth-order valence-electron chi connectivity index (χ4n) is 8.78. The highest BCUT2D eigenvalue weighted by Crippen LogP contribution is 2.49. The standard InChI is InChI=1S/C46H51ClF3N7O5S3/c1-54(2)24-20-45(30-63-37-7-5-4-6-8-37)29-57(45)42-16-14-38(26-43(42)64(58,59)46(48,49)50)65(60,61)53-44-40-19-23-56(28-41(40)51-31-52-44)35-17-21-55(22-18-35)27-33-25-36(62-3)13-15-39(33)32-9-11-34(47)12-10-32/h4-16,25-26,31,35H,17-24,27-30H2,1-3H3,(H,51,52,53). The number of nitrogens with zero attached hydrogens (tertiary/aromatic N) is 6. The smallest absolute Gasteiger partial charge is 0.497 e. The average Bonchev–Trinajstić information content (AvgIpc) is 4.02. The molecule has 0 saturated carbocycles. The first kappa shape index (κ1) is 47.1. The number of hydrogen-bond acceptors (Lipinski definition) is 12. The van der Waals surface area contributed by atoms with Gasteiger partial charge in [0.1, 0.15) is 22.8 Å². The van der Waals surface area contributed by atoms with Gasteiger partial charge in [-0.3, -0.25) is 14.5 Å². The van der Waals surface area contributed by atoms with E-state index in [1.54, 1.807) is 12.0 Å². The summed E-state index contributed by atoms with van der Waals surface area (Å²) < 4.78 is 106. The number of nitrogens with one attached hydrogen (secondary N) is 1. The Labute approximate surface area is 388 Å². The van der Waals surface area contributed by atoms with Crippen molar-refractivity contribution in [2.45, 2.75) is 70.5 Å². The number of aromatic nitrogens is 2. The SMILES string of the molecule is COc1ccc(-c2ccc(Cl)cc2)c(CN2CCC(N3CCc4c(ncnc4NS(=O)(=O)c4ccc(N5CC5(CCN(C)C)CSc5ccccc5)c(S(=O)(=O)C(F)(F)F)c4)C3)CC2)c1. The summed E-state index contributed by atoms with van der Waals surface area (Å²) in [6.07, 6.45) is 4.07. The number of rotatable bonds is 16. The number of ether oxygens (including phenoxy) is 1. The summed E-state index contributed by atoms with van der Waals surface area (Å²) in [5, 5.41) is 0.677. The minimum atomic E-state index is -5.98. The van der Waals surface area contributed by atoms with Crippen molar-refractivity contribution in [2.75, 3.05) is 69.3 Å². The molecule has 2 saturated heterocycles. The number of anilines is 2. The van der Waals surface area contributed by atoms with Crippen molar-refractivity contribution in [1.82, 2.24) is 24.7 Å². The van der Waals surface area contributed by atoms with E-state index < -0.39 is 40.7 Å².